The number of nitrogens with two attached hydrogens (primary N) is 2. The minimum atomic E-state index is -0.596. The van der Waals surface area contributed by atoms with Crippen LogP contribution in [0.1, 0.15) is 0 Å². The first-order chi connectivity index (χ1) is 4.57. The Morgan fingerprint density at radius 3 is 2.40 bits per heavy atom. The normalized spacial score (nSPS) is 11.2. The molecule has 0 aromatic heterocycles. The van der Waals surface area contributed by atoms with Crippen molar-refractivity contribution in [3.05, 3.63) is 11.9 Å². The molecule has 0 aromatic carbocycles. The lowest BCUT2D eigenvalue weighted by molar-refractivity contribution is -0.114. The molecule has 4 N–H and O–H groups in total. The highest BCUT2D eigenvalue weighted by Gasteiger charge is 1.97. The highest BCUT2D eigenvalue weighted by atomic mass is 32.2. The lowest BCUT2D eigenvalue weighted by Gasteiger charge is -2.08. The van der Waals surface area contributed by atoms with Crippen molar-refractivity contribution in [1.82, 2.24) is 4.31 Å². The van der Waals surface area contributed by atoms with Crippen molar-refractivity contribution in [3.8, 4) is 0 Å². The molecule has 1 amide bonds. The molecule has 5 heteroatoms. The summed E-state index contributed by atoms with van der Waals surface area (Å²) in [5.74, 6) is -0.596. The molecule has 0 rings (SSSR count). The van der Waals surface area contributed by atoms with E-state index in [1.54, 1.807) is 11.4 Å². The number of carbonyl (C=O) groups is 1. The third-order valence-electron chi connectivity index (χ3n) is 0.893. The van der Waals surface area contributed by atoms with E-state index < -0.39 is 5.91 Å². The third kappa shape index (κ3) is 3.24. The van der Waals surface area contributed by atoms with Crippen molar-refractivity contribution < 1.29 is 4.79 Å². The number of rotatable bonds is 3. The van der Waals surface area contributed by atoms with Gasteiger partial charge in [0.2, 0.25) is 0 Å². The van der Waals surface area contributed by atoms with Gasteiger partial charge in [0.05, 0.1) is 0 Å². The largest absolute Gasteiger partial charge is 0.393 e. The molecule has 4 nitrogen and oxygen atoms in total. The summed E-state index contributed by atoms with van der Waals surface area (Å²) in [6, 6.07) is 0. The number of nitrogens with zero attached hydrogens (tertiary/aromatic N) is 1. The zero-order valence-electron chi connectivity index (χ0n) is 6.00. The van der Waals surface area contributed by atoms with Crippen molar-refractivity contribution in [2.45, 2.75) is 0 Å². The molecule has 0 aliphatic rings. The van der Waals surface area contributed by atoms with Crippen LogP contribution in [0, 0.1) is 0 Å². The third-order valence-corrected chi connectivity index (χ3v) is 1.57. The van der Waals surface area contributed by atoms with Crippen molar-refractivity contribution >= 4 is 17.9 Å². The smallest absolute Gasteiger partial charge is 0.266 e. The lowest BCUT2D eigenvalue weighted by atomic mass is 10.5. The fourth-order valence-electron chi connectivity index (χ4n) is 0.312. The summed E-state index contributed by atoms with van der Waals surface area (Å²) in [5.41, 5.74) is 10.2. The van der Waals surface area contributed by atoms with Crippen molar-refractivity contribution in [1.29, 1.82) is 0 Å². The second kappa shape index (κ2) is 4.05. The Morgan fingerprint density at radius 2 is 2.10 bits per heavy atom. The number of carbonyl (C=O) groups excluding carboxylic acids is 1. The zero-order valence-corrected chi connectivity index (χ0v) is 6.81. The average molecular weight is 161 g/mol. The van der Waals surface area contributed by atoms with E-state index in [0.29, 0.717) is 0 Å². The summed E-state index contributed by atoms with van der Waals surface area (Å²) in [4.78, 5) is 10.3. The van der Waals surface area contributed by atoms with Crippen LogP contribution in [0.25, 0.3) is 0 Å². The van der Waals surface area contributed by atoms with E-state index in [-0.39, 0.29) is 5.70 Å². The minimum Gasteiger partial charge on any atom is -0.393 e. The monoisotopic (exact) mass is 161 g/mol. The van der Waals surface area contributed by atoms with Gasteiger partial charge in [-0.05, 0) is 0 Å². The molecule has 0 spiro atoms. The topological polar surface area (TPSA) is 72.3 Å². The SMILES string of the molecule is CSN(C)/C=C(/N)C(N)=O. The van der Waals surface area contributed by atoms with Crippen molar-refractivity contribution in [2.75, 3.05) is 13.3 Å². The standard InChI is InChI=1S/C5H11N3OS/c1-8(10-2)3-4(6)5(7)9/h3H,6H2,1-2H3,(H2,7,9)/b4-3+. The maximum absolute atomic E-state index is 10.3. The summed E-state index contributed by atoms with van der Waals surface area (Å²) < 4.78 is 1.69. The van der Waals surface area contributed by atoms with Gasteiger partial charge in [0.15, 0.2) is 0 Å². The van der Waals surface area contributed by atoms with Gasteiger partial charge >= 0.3 is 0 Å². The van der Waals surface area contributed by atoms with Gasteiger partial charge in [-0.1, -0.05) is 11.9 Å². The Labute approximate surface area is 64.4 Å². The Balaban J connectivity index is 4.02. The Bertz CT molecular complexity index is 157. The molecule has 0 saturated heterocycles. The van der Waals surface area contributed by atoms with Gasteiger partial charge in [0, 0.05) is 19.5 Å². The first-order valence-corrected chi connectivity index (χ1v) is 3.80. The summed E-state index contributed by atoms with van der Waals surface area (Å²) in [7, 11) is 1.78. The van der Waals surface area contributed by atoms with Gasteiger partial charge in [0.25, 0.3) is 5.91 Å². The molecule has 0 fully saturated rings. The van der Waals surface area contributed by atoms with Crippen LogP contribution in [0.3, 0.4) is 0 Å². The second-order valence-electron chi connectivity index (χ2n) is 1.68. The summed E-state index contributed by atoms with van der Waals surface area (Å²) in [6.45, 7) is 0. The van der Waals surface area contributed by atoms with Crippen LogP contribution < -0.4 is 11.5 Å². The van der Waals surface area contributed by atoms with Crippen LogP contribution in [0.15, 0.2) is 11.9 Å². The maximum atomic E-state index is 10.3. The lowest BCUT2D eigenvalue weighted by Crippen LogP contribution is -2.21. The van der Waals surface area contributed by atoms with E-state index in [9.17, 15) is 4.79 Å². The number of hydrogen-bond donors (Lipinski definition) is 2. The van der Waals surface area contributed by atoms with Gasteiger partial charge in [-0.15, -0.1) is 0 Å². The highest BCUT2D eigenvalue weighted by molar-refractivity contribution is 7.96. The molecule has 0 unspecified atom stereocenters. The number of hydrogen-bond acceptors (Lipinski definition) is 4. The van der Waals surface area contributed by atoms with Gasteiger partial charge < -0.3 is 15.8 Å². The molecule has 0 heterocycles. The minimum absolute atomic E-state index is 0.0665. The molecule has 10 heavy (non-hydrogen) atoms. The first kappa shape index (κ1) is 9.16. The van der Waals surface area contributed by atoms with Crippen LogP contribution >= 0.6 is 11.9 Å². The van der Waals surface area contributed by atoms with E-state index in [1.165, 1.54) is 18.1 Å². The van der Waals surface area contributed by atoms with Gasteiger partial charge in [0.1, 0.15) is 5.70 Å². The van der Waals surface area contributed by atoms with E-state index >= 15 is 0 Å². The Morgan fingerprint density at radius 1 is 1.60 bits per heavy atom. The fourth-order valence-corrected chi connectivity index (χ4v) is 0.531. The van der Waals surface area contributed by atoms with Crippen LogP contribution in [0.4, 0.5) is 0 Å². The first-order valence-electron chi connectivity index (χ1n) is 2.62. The molecule has 0 radical (unpaired) electrons. The quantitative estimate of drug-likeness (QED) is 0.431. The van der Waals surface area contributed by atoms with Gasteiger partial charge in [-0.3, -0.25) is 4.79 Å². The molecule has 0 atom stereocenters. The van der Waals surface area contributed by atoms with E-state index in [4.69, 9.17) is 11.5 Å². The predicted octanol–water partition coefficient (Wildman–Crippen LogP) is -0.518. The summed E-state index contributed by atoms with van der Waals surface area (Å²) >= 11 is 1.44. The van der Waals surface area contributed by atoms with Gasteiger partial charge in [-0.25, -0.2) is 0 Å². The molecule has 0 saturated carbocycles. The van der Waals surface area contributed by atoms with Crippen LogP contribution in [0.2, 0.25) is 0 Å². The molecule has 0 bridgehead atoms. The summed E-state index contributed by atoms with van der Waals surface area (Å²) in [6.07, 6.45) is 3.35. The van der Waals surface area contributed by atoms with E-state index in [0.717, 1.165) is 0 Å². The average Bonchev–Trinajstić information content (AvgIpc) is 1.87. The van der Waals surface area contributed by atoms with Crippen molar-refractivity contribution in [2.24, 2.45) is 11.5 Å². The molecule has 0 aromatic rings. The Hall–Kier alpha value is -0.840. The van der Waals surface area contributed by atoms with Crippen LogP contribution in [-0.2, 0) is 4.79 Å². The Kier molecular flexibility index (Phi) is 3.71. The van der Waals surface area contributed by atoms with E-state index in [2.05, 4.69) is 0 Å². The predicted molar refractivity (Wildman–Crippen MR) is 42.7 cm³/mol. The van der Waals surface area contributed by atoms with Crippen LogP contribution in [0.5, 0.6) is 0 Å². The zero-order chi connectivity index (χ0) is 8.15. The van der Waals surface area contributed by atoms with Crippen LogP contribution in [-0.4, -0.2) is 23.5 Å². The summed E-state index contributed by atoms with van der Waals surface area (Å²) in [5, 5.41) is 0. The number of primary amides is 1. The second-order valence-corrected chi connectivity index (χ2v) is 2.62. The molecule has 0 aliphatic heterocycles. The fraction of sp³-hybridized carbons (Fsp3) is 0.400. The van der Waals surface area contributed by atoms with Gasteiger partial charge in [-0.2, -0.15) is 0 Å². The molecule has 0 aliphatic carbocycles. The maximum Gasteiger partial charge on any atom is 0.266 e. The molecular weight excluding hydrogens is 150 g/mol. The number of amides is 1. The van der Waals surface area contributed by atoms with Crippen molar-refractivity contribution in [3.63, 3.8) is 0 Å². The molecular formula is C5H11N3OS. The van der Waals surface area contributed by atoms with E-state index in [1.807, 2.05) is 6.26 Å². The highest BCUT2D eigenvalue weighted by Crippen LogP contribution is 2.01. The molecule has 58 valence electrons.